The van der Waals surface area contributed by atoms with E-state index in [1.165, 1.54) is 17.8 Å². The Hall–Kier alpha value is -2.19. The fourth-order valence-corrected chi connectivity index (χ4v) is 3.21. The van der Waals surface area contributed by atoms with Crippen molar-refractivity contribution < 1.29 is 9.18 Å². The van der Waals surface area contributed by atoms with Gasteiger partial charge in [0.15, 0.2) is 5.82 Å². The summed E-state index contributed by atoms with van der Waals surface area (Å²) in [4.78, 5) is 16.4. The minimum Gasteiger partial charge on any atom is -0.349 e. The van der Waals surface area contributed by atoms with Gasteiger partial charge in [-0.05, 0) is 36.8 Å². The standard InChI is InChI=1S/C18H16BrFN4OS/c1-11(12-6-8-13(19)9-7-12)21-16(25)10-26-18-22-17(23-24-18)14-4-2-3-5-15(14)20/h2-9,11H,10H2,1H3,(H,21,25)(H,22,23,24). The van der Waals surface area contributed by atoms with Crippen molar-refractivity contribution in [1.82, 2.24) is 20.5 Å². The number of thioether (sulfide) groups is 1. The van der Waals surface area contributed by atoms with E-state index in [-0.39, 0.29) is 23.5 Å². The molecule has 0 saturated heterocycles. The highest BCUT2D eigenvalue weighted by Gasteiger charge is 2.13. The lowest BCUT2D eigenvalue weighted by Gasteiger charge is -2.14. The fourth-order valence-electron chi connectivity index (χ4n) is 2.33. The molecule has 0 aliphatic heterocycles. The van der Waals surface area contributed by atoms with Gasteiger partial charge in [0.25, 0.3) is 0 Å². The Balaban J connectivity index is 1.55. The van der Waals surface area contributed by atoms with Gasteiger partial charge in [-0.3, -0.25) is 9.89 Å². The van der Waals surface area contributed by atoms with E-state index in [2.05, 4.69) is 36.4 Å². The Morgan fingerprint density at radius 3 is 2.73 bits per heavy atom. The van der Waals surface area contributed by atoms with Crippen molar-refractivity contribution in [1.29, 1.82) is 0 Å². The molecule has 134 valence electrons. The number of aromatic amines is 1. The van der Waals surface area contributed by atoms with E-state index in [9.17, 15) is 9.18 Å². The average Bonchev–Trinajstić information content (AvgIpc) is 3.09. The molecule has 0 saturated carbocycles. The van der Waals surface area contributed by atoms with Gasteiger partial charge in [-0.15, -0.1) is 5.10 Å². The largest absolute Gasteiger partial charge is 0.349 e. The summed E-state index contributed by atoms with van der Waals surface area (Å²) in [7, 11) is 0. The van der Waals surface area contributed by atoms with E-state index >= 15 is 0 Å². The van der Waals surface area contributed by atoms with Crippen LogP contribution in [0.1, 0.15) is 18.5 Å². The molecule has 0 bridgehead atoms. The molecule has 3 rings (SSSR count). The van der Waals surface area contributed by atoms with Gasteiger partial charge < -0.3 is 5.32 Å². The normalized spacial score (nSPS) is 12.0. The summed E-state index contributed by atoms with van der Waals surface area (Å²) in [5.41, 5.74) is 1.37. The predicted molar refractivity (Wildman–Crippen MR) is 103 cm³/mol. The van der Waals surface area contributed by atoms with E-state index in [1.807, 2.05) is 31.2 Å². The van der Waals surface area contributed by atoms with Gasteiger partial charge in [0, 0.05) is 4.47 Å². The van der Waals surface area contributed by atoms with E-state index in [0.29, 0.717) is 16.5 Å². The number of rotatable bonds is 6. The highest BCUT2D eigenvalue weighted by atomic mass is 79.9. The third kappa shape index (κ3) is 4.70. The van der Waals surface area contributed by atoms with Crippen LogP contribution in [0.4, 0.5) is 4.39 Å². The number of hydrogen-bond acceptors (Lipinski definition) is 4. The van der Waals surface area contributed by atoms with E-state index in [1.54, 1.807) is 18.2 Å². The van der Waals surface area contributed by atoms with Crippen LogP contribution in [0, 0.1) is 5.82 Å². The first-order chi connectivity index (χ1) is 12.5. The van der Waals surface area contributed by atoms with Crippen molar-refractivity contribution in [2.75, 3.05) is 5.75 Å². The summed E-state index contributed by atoms with van der Waals surface area (Å²) in [6.07, 6.45) is 0. The number of carbonyl (C=O) groups excluding carboxylic acids is 1. The maximum atomic E-state index is 13.8. The number of hydrogen-bond donors (Lipinski definition) is 2. The fraction of sp³-hybridized carbons (Fsp3) is 0.167. The number of H-pyrrole nitrogens is 1. The van der Waals surface area contributed by atoms with Crippen LogP contribution < -0.4 is 5.32 Å². The van der Waals surface area contributed by atoms with Crippen LogP contribution in [0.3, 0.4) is 0 Å². The number of aromatic nitrogens is 3. The van der Waals surface area contributed by atoms with Crippen LogP contribution in [0.25, 0.3) is 11.4 Å². The maximum Gasteiger partial charge on any atom is 0.230 e. The summed E-state index contributed by atoms with van der Waals surface area (Å²) in [6.45, 7) is 1.93. The molecular formula is C18H16BrFN4OS. The van der Waals surface area contributed by atoms with Gasteiger partial charge in [-0.1, -0.05) is 52.0 Å². The van der Waals surface area contributed by atoms with Crippen LogP contribution in [0.2, 0.25) is 0 Å². The van der Waals surface area contributed by atoms with Crippen LogP contribution in [-0.2, 0) is 4.79 Å². The summed E-state index contributed by atoms with van der Waals surface area (Å²) in [5, 5.41) is 10.1. The second-order valence-electron chi connectivity index (χ2n) is 5.58. The molecule has 1 amide bonds. The summed E-state index contributed by atoms with van der Waals surface area (Å²) >= 11 is 4.58. The molecule has 1 unspecified atom stereocenters. The van der Waals surface area contributed by atoms with Crippen molar-refractivity contribution in [3.63, 3.8) is 0 Å². The molecule has 1 aromatic heterocycles. The minimum absolute atomic E-state index is 0.0997. The molecule has 2 aromatic carbocycles. The van der Waals surface area contributed by atoms with Crippen molar-refractivity contribution in [2.45, 2.75) is 18.1 Å². The quantitative estimate of drug-likeness (QED) is 0.565. The molecule has 0 radical (unpaired) electrons. The zero-order valence-electron chi connectivity index (χ0n) is 13.9. The highest BCUT2D eigenvalue weighted by molar-refractivity contribution is 9.10. The monoisotopic (exact) mass is 434 g/mol. The Kier molecular flexibility index (Phi) is 6.05. The van der Waals surface area contributed by atoms with E-state index in [0.717, 1.165) is 10.0 Å². The number of nitrogens with zero attached hydrogens (tertiary/aromatic N) is 2. The molecule has 5 nitrogen and oxygen atoms in total. The Morgan fingerprint density at radius 1 is 1.27 bits per heavy atom. The second kappa shape index (κ2) is 8.46. The summed E-state index contributed by atoms with van der Waals surface area (Å²) in [6, 6.07) is 14.0. The van der Waals surface area contributed by atoms with Gasteiger partial charge in [-0.2, -0.15) is 0 Å². The van der Waals surface area contributed by atoms with Gasteiger partial charge in [0.05, 0.1) is 17.4 Å². The van der Waals surface area contributed by atoms with Crippen molar-refractivity contribution >= 4 is 33.6 Å². The lowest BCUT2D eigenvalue weighted by Crippen LogP contribution is -2.28. The molecule has 2 N–H and O–H groups in total. The first kappa shape index (κ1) is 18.6. The van der Waals surface area contributed by atoms with Crippen LogP contribution >= 0.6 is 27.7 Å². The molecule has 0 spiro atoms. The van der Waals surface area contributed by atoms with Crippen molar-refractivity contribution in [3.05, 3.63) is 64.4 Å². The third-order valence-corrected chi connectivity index (χ3v) is 5.05. The van der Waals surface area contributed by atoms with Gasteiger partial charge in [0.1, 0.15) is 5.82 Å². The molecule has 26 heavy (non-hydrogen) atoms. The first-order valence-corrected chi connectivity index (χ1v) is 9.65. The predicted octanol–water partition coefficient (Wildman–Crippen LogP) is 4.34. The number of halogens is 2. The van der Waals surface area contributed by atoms with Crippen molar-refractivity contribution in [2.24, 2.45) is 0 Å². The molecule has 1 heterocycles. The highest BCUT2D eigenvalue weighted by Crippen LogP contribution is 2.22. The van der Waals surface area contributed by atoms with E-state index in [4.69, 9.17) is 0 Å². The van der Waals surface area contributed by atoms with Gasteiger partial charge in [0.2, 0.25) is 11.1 Å². The molecule has 0 aliphatic carbocycles. The number of amides is 1. The summed E-state index contributed by atoms with van der Waals surface area (Å²) in [5.74, 6) is 0.0215. The number of benzene rings is 2. The molecular weight excluding hydrogens is 419 g/mol. The second-order valence-corrected chi connectivity index (χ2v) is 7.43. The molecule has 0 fully saturated rings. The number of carbonyl (C=O) groups is 1. The SMILES string of the molecule is CC(NC(=O)CSc1n[nH]c(-c2ccccc2F)n1)c1ccc(Br)cc1. The van der Waals surface area contributed by atoms with Gasteiger partial charge in [-0.25, -0.2) is 9.37 Å². The Morgan fingerprint density at radius 2 is 2.00 bits per heavy atom. The lowest BCUT2D eigenvalue weighted by molar-refractivity contribution is -0.119. The average molecular weight is 435 g/mol. The molecule has 0 aliphatic rings. The molecule has 3 aromatic rings. The van der Waals surface area contributed by atoms with Crippen molar-refractivity contribution in [3.8, 4) is 11.4 Å². The maximum absolute atomic E-state index is 13.8. The topological polar surface area (TPSA) is 70.7 Å². The first-order valence-electron chi connectivity index (χ1n) is 7.88. The number of nitrogens with one attached hydrogen (secondary N) is 2. The van der Waals surface area contributed by atoms with Crippen LogP contribution in [0.15, 0.2) is 58.2 Å². The van der Waals surface area contributed by atoms with E-state index < -0.39 is 0 Å². The zero-order valence-corrected chi connectivity index (χ0v) is 16.3. The van der Waals surface area contributed by atoms with Crippen LogP contribution in [-0.4, -0.2) is 26.8 Å². The lowest BCUT2D eigenvalue weighted by atomic mass is 10.1. The van der Waals surface area contributed by atoms with Gasteiger partial charge >= 0.3 is 0 Å². The Bertz CT molecular complexity index is 900. The summed E-state index contributed by atoms with van der Waals surface area (Å²) < 4.78 is 14.8. The molecule has 1 atom stereocenters. The third-order valence-electron chi connectivity index (χ3n) is 3.67. The zero-order chi connectivity index (χ0) is 18.5. The molecule has 8 heteroatoms. The smallest absolute Gasteiger partial charge is 0.230 e. The Labute approximate surface area is 162 Å². The minimum atomic E-state index is -0.374. The van der Waals surface area contributed by atoms with Crippen LogP contribution in [0.5, 0.6) is 0 Å².